The molecule has 2 aromatic rings. The molecular formula is C11H9ClF2N2O4S. The summed E-state index contributed by atoms with van der Waals surface area (Å²) in [5.41, 5.74) is 0. The van der Waals surface area contributed by atoms with Gasteiger partial charge >= 0.3 is 0 Å². The average Bonchev–Trinajstić information content (AvgIpc) is 2.87. The lowest BCUT2D eigenvalue weighted by molar-refractivity contribution is 0.267. The molecule has 1 heterocycles. The van der Waals surface area contributed by atoms with E-state index in [0.29, 0.717) is 12.3 Å². The largest absolute Gasteiger partial charge is 0.482 e. The minimum atomic E-state index is -4.38. The fourth-order valence-corrected chi connectivity index (χ4v) is 2.34. The third-order valence-electron chi connectivity index (χ3n) is 2.44. The zero-order chi connectivity index (χ0) is 15.6. The van der Waals surface area contributed by atoms with Crippen LogP contribution in [0.4, 0.5) is 8.78 Å². The van der Waals surface area contributed by atoms with Gasteiger partial charge in [-0.05, 0) is 12.1 Å². The molecule has 0 fully saturated rings. The number of nitrogens with zero attached hydrogens (tertiary/aromatic N) is 2. The maximum atomic E-state index is 13.7. The Balaban J connectivity index is 2.20. The maximum Gasteiger partial charge on any atom is 0.264 e. The molecule has 0 saturated carbocycles. The number of ether oxygens (including phenoxy) is 1. The summed E-state index contributed by atoms with van der Waals surface area (Å²) in [4.78, 5) is 2.96. The van der Waals surface area contributed by atoms with E-state index in [0.717, 1.165) is 12.1 Å². The Hall–Kier alpha value is -1.74. The molecule has 2 rings (SSSR count). The van der Waals surface area contributed by atoms with Gasteiger partial charge in [0.15, 0.2) is 18.2 Å². The van der Waals surface area contributed by atoms with Gasteiger partial charge in [0.25, 0.3) is 9.05 Å². The fraction of sp³-hybridized carbons (Fsp3) is 0.273. The van der Waals surface area contributed by atoms with Gasteiger partial charge in [-0.3, -0.25) is 0 Å². The molecule has 0 amide bonds. The molecular weight excluding hydrogens is 330 g/mol. The number of hydrogen-bond donors (Lipinski definition) is 0. The summed E-state index contributed by atoms with van der Waals surface area (Å²) in [6, 6.07) is 1.76. The molecule has 6 nitrogen and oxygen atoms in total. The smallest absolute Gasteiger partial charge is 0.264 e. The number of aromatic nitrogens is 2. The second-order valence-electron chi connectivity index (χ2n) is 3.87. The summed E-state index contributed by atoms with van der Waals surface area (Å²) >= 11 is 0. The Morgan fingerprint density at radius 1 is 1.33 bits per heavy atom. The van der Waals surface area contributed by atoms with Crippen molar-refractivity contribution in [2.75, 3.05) is 0 Å². The van der Waals surface area contributed by atoms with Crippen molar-refractivity contribution in [3.05, 3.63) is 35.5 Å². The van der Waals surface area contributed by atoms with Crippen LogP contribution in [0.5, 0.6) is 5.75 Å². The molecule has 114 valence electrons. The number of aryl methyl sites for hydroxylation is 1. The van der Waals surface area contributed by atoms with Gasteiger partial charge in [-0.2, -0.15) is 9.37 Å². The first kappa shape index (κ1) is 15.6. The lowest BCUT2D eigenvalue weighted by atomic mass is 10.3. The van der Waals surface area contributed by atoms with Crippen molar-refractivity contribution in [2.24, 2.45) is 0 Å². The normalized spacial score (nSPS) is 11.6. The molecule has 0 saturated heterocycles. The van der Waals surface area contributed by atoms with Gasteiger partial charge in [0, 0.05) is 17.1 Å². The Kier molecular flexibility index (Phi) is 4.43. The molecule has 0 spiro atoms. The summed E-state index contributed by atoms with van der Waals surface area (Å²) in [5, 5.41) is 3.57. The molecule has 0 aliphatic heterocycles. The van der Waals surface area contributed by atoms with Crippen molar-refractivity contribution >= 4 is 19.7 Å². The molecule has 1 aromatic heterocycles. The lowest BCUT2D eigenvalue weighted by Crippen LogP contribution is -2.04. The number of hydrogen-bond acceptors (Lipinski definition) is 6. The second kappa shape index (κ2) is 5.94. The standard InChI is InChI=1S/C11H9ClF2N2O4S/c1-2-9-15-8(16-20-9)5-19-6-3-4-7(21(12,17)18)11(14)10(6)13/h3-4H,2,5H2,1H3. The third kappa shape index (κ3) is 3.48. The van der Waals surface area contributed by atoms with Crippen molar-refractivity contribution in [3.63, 3.8) is 0 Å². The third-order valence-corrected chi connectivity index (χ3v) is 3.78. The van der Waals surface area contributed by atoms with Crippen molar-refractivity contribution in [1.82, 2.24) is 10.1 Å². The highest BCUT2D eigenvalue weighted by atomic mass is 35.7. The van der Waals surface area contributed by atoms with E-state index in [-0.39, 0.29) is 12.4 Å². The Bertz CT molecular complexity index is 764. The van der Waals surface area contributed by atoms with Crippen LogP contribution in [0.2, 0.25) is 0 Å². The maximum absolute atomic E-state index is 13.7. The fourth-order valence-electron chi connectivity index (χ4n) is 1.45. The predicted octanol–water partition coefficient (Wildman–Crippen LogP) is 2.42. The second-order valence-corrected chi connectivity index (χ2v) is 6.41. The first-order chi connectivity index (χ1) is 9.82. The molecule has 1 aromatic carbocycles. The summed E-state index contributed by atoms with van der Waals surface area (Å²) < 4.78 is 59.1. The van der Waals surface area contributed by atoms with E-state index in [9.17, 15) is 17.2 Å². The number of halogens is 3. The van der Waals surface area contributed by atoms with Crippen LogP contribution in [0.25, 0.3) is 0 Å². The van der Waals surface area contributed by atoms with Crippen LogP contribution in [-0.2, 0) is 22.1 Å². The molecule has 0 aliphatic rings. The van der Waals surface area contributed by atoms with E-state index < -0.39 is 31.3 Å². The van der Waals surface area contributed by atoms with Gasteiger partial charge in [-0.25, -0.2) is 12.8 Å². The van der Waals surface area contributed by atoms with Gasteiger partial charge in [0.05, 0.1) is 0 Å². The molecule has 0 N–H and O–H groups in total. The molecule has 0 aliphatic carbocycles. The Labute approximate surface area is 123 Å². The highest BCUT2D eigenvalue weighted by Crippen LogP contribution is 2.27. The Morgan fingerprint density at radius 2 is 2.05 bits per heavy atom. The van der Waals surface area contributed by atoms with Crippen LogP contribution in [0, 0.1) is 11.6 Å². The van der Waals surface area contributed by atoms with Gasteiger partial charge < -0.3 is 9.26 Å². The van der Waals surface area contributed by atoms with Crippen LogP contribution in [0.3, 0.4) is 0 Å². The van der Waals surface area contributed by atoms with Gasteiger partial charge in [-0.1, -0.05) is 12.1 Å². The SMILES string of the molecule is CCc1nc(COc2ccc(S(=O)(=O)Cl)c(F)c2F)no1. The summed E-state index contributed by atoms with van der Waals surface area (Å²) in [6.07, 6.45) is 0.526. The Morgan fingerprint density at radius 3 is 2.62 bits per heavy atom. The van der Waals surface area contributed by atoms with E-state index in [1.165, 1.54) is 0 Å². The topological polar surface area (TPSA) is 82.3 Å². The predicted molar refractivity (Wildman–Crippen MR) is 67.4 cm³/mol. The summed E-state index contributed by atoms with van der Waals surface area (Å²) in [7, 11) is 0.594. The molecule has 0 radical (unpaired) electrons. The zero-order valence-electron chi connectivity index (χ0n) is 10.6. The van der Waals surface area contributed by atoms with Gasteiger partial charge in [0.2, 0.25) is 17.5 Å². The number of rotatable bonds is 5. The zero-order valence-corrected chi connectivity index (χ0v) is 12.2. The number of benzene rings is 1. The van der Waals surface area contributed by atoms with Crippen LogP contribution in [-0.4, -0.2) is 18.6 Å². The van der Waals surface area contributed by atoms with Crippen molar-refractivity contribution < 1.29 is 26.5 Å². The van der Waals surface area contributed by atoms with Crippen molar-refractivity contribution in [1.29, 1.82) is 0 Å². The molecule has 0 atom stereocenters. The van der Waals surface area contributed by atoms with Crippen LogP contribution >= 0.6 is 10.7 Å². The molecule has 0 bridgehead atoms. The summed E-state index contributed by atoms with van der Waals surface area (Å²) in [5.74, 6) is -3.02. The van der Waals surface area contributed by atoms with Crippen molar-refractivity contribution in [2.45, 2.75) is 24.8 Å². The molecule has 21 heavy (non-hydrogen) atoms. The van der Waals surface area contributed by atoms with E-state index in [1.54, 1.807) is 6.92 Å². The molecule has 0 unspecified atom stereocenters. The van der Waals surface area contributed by atoms with Gasteiger partial charge in [0.1, 0.15) is 4.90 Å². The van der Waals surface area contributed by atoms with E-state index >= 15 is 0 Å². The van der Waals surface area contributed by atoms with E-state index in [2.05, 4.69) is 10.1 Å². The lowest BCUT2D eigenvalue weighted by Gasteiger charge is -2.07. The quantitative estimate of drug-likeness (QED) is 0.779. The first-order valence-electron chi connectivity index (χ1n) is 5.69. The first-order valence-corrected chi connectivity index (χ1v) is 8.00. The average molecular weight is 339 g/mol. The van der Waals surface area contributed by atoms with Crippen LogP contribution < -0.4 is 4.74 Å². The van der Waals surface area contributed by atoms with E-state index in [1.807, 2.05) is 0 Å². The minimum absolute atomic E-state index is 0.153. The highest BCUT2D eigenvalue weighted by Gasteiger charge is 2.22. The minimum Gasteiger partial charge on any atom is -0.482 e. The highest BCUT2D eigenvalue weighted by molar-refractivity contribution is 8.13. The van der Waals surface area contributed by atoms with Gasteiger partial charge in [-0.15, -0.1) is 0 Å². The monoisotopic (exact) mass is 338 g/mol. The van der Waals surface area contributed by atoms with Crippen molar-refractivity contribution in [3.8, 4) is 5.75 Å². The summed E-state index contributed by atoms with van der Waals surface area (Å²) in [6.45, 7) is 1.55. The van der Waals surface area contributed by atoms with E-state index in [4.69, 9.17) is 19.9 Å². The van der Waals surface area contributed by atoms with Crippen LogP contribution in [0.1, 0.15) is 18.6 Å². The van der Waals surface area contributed by atoms with Crippen LogP contribution in [0.15, 0.2) is 21.6 Å². The molecule has 10 heteroatoms.